The van der Waals surface area contributed by atoms with E-state index in [4.69, 9.17) is 11.0 Å². The molecule has 0 saturated carbocycles. The van der Waals surface area contributed by atoms with Crippen LogP contribution < -0.4 is 5.73 Å². The maximum atomic E-state index is 7.32. The summed E-state index contributed by atoms with van der Waals surface area (Å²) in [6, 6.07) is 0. The zero-order chi connectivity index (χ0) is 13.6. The molecule has 3 heteroatoms. The first-order valence-corrected chi connectivity index (χ1v) is 7.07. The van der Waals surface area contributed by atoms with Gasteiger partial charge in [0.2, 0.25) is 7.85 Å². The van der Waals surface area contributed by atoms with Gasteiger partial charge >= 0.3 is 0 Å². The summed E-state index contributed by atoms with van der Waals surface area (Å²) >= 11 is 0. The van der Waals surface area contributed by atoms with E-state index in [1.807, 2.05) is 0 Å². The minimum absolute atomic E-state index is 0.0439. The summed E-state index contributed by atoms with van der Waals surface area (Å²) in [6.07, 6.45) is 12.3. The molecule has 0 spiro atoms. The van der Waals surface area contributed by atoms with Crippen molar-refractivity contribution in [2.75, 3.05) is 0 Å². The predicted molar refractivity (Wildman–Crippen MR) is 79.7 cm³/mol. The summed E-state index contributed by atoms with van der Waals surface area (Å²) in [6.45, 7) is 6.51. The second kappa shape index (κ2) is 13.6. The normalized spacial score (nSPS) is 10.3. The number of hydrogen-bond acceptors (Lipinski definition) is 2. The lowest BCUT2D eigenvalue weighted by Gasteiger charge is -2.17. The maximum Gasteiger partial charge on any atom is 0.232 e. The summed E-state index contributed by atoms with van der Waals surface area (Å²) in [7, 11) is 1.43. The molecule has 0 aliphatic carbocycles. The Balaban J connectivity index is 0. The molecule has 0 atom stereocenters. The zero-order valence-electron chi connectivity index (χ0n) is 12.4. The van der Waals surface area contributed by atoms with Crippen LogP contribution in [0.4, 0.5) is 0 Å². The number of rotatable bonds is 9. The Morgan fingerprint density at radius 1 is 1.00 bits per heavy atom. The predicted octanol–water partition coefficient (Wildman–Crippen LogP) is 3.36. The molecule has 0 rings (SSSR count). The summed E-state index contributed by atoms with van der Waals surface area (Å²) < 4.78 is 0. The van der Waals surface area contributed by atoms with E-state index >= 15 is 0 Å². The van der Waals surface area contributed by atoms with Crippen LogP contribution in [0.25, 0.3) is 0 Å². The van der Waals surface area contributed by atoms with E-state index in [0.717, 1.165) is 0 Å². The Hall–Kier alpha value is -0.485. The minimum Gasteiger partial charge on any atom is -0.326 e. The van der Waals surface area contributed by atoms with Crippen LogP contribution in [0.15, 0.2) is 0 Å². The van der Waals surface area contributed by atoms with E-state index in [0.29, 0.717) is 0 Å². The van der Waals surface area contributed by atoms with Crippen molar-refractivity contribution < 1.29 is 0 Å². The van der Waals surface area contributed by atoms with Crippen LogP contribution in [0.2, 0.25) is 0 Å². The molecule has 0 bridgehead atoms. The molecule has 0 aromatic rings. The van der Waals surface area contributed by atoms with E-state index in [1.165, 1.54) is 65.6 Å². The van der Waals surface area contributed by atoms with Crippen LogP contribution in [0.1, 0.15) is 78.6 Å². The van der Waals surface area contributed by atoms with Gasteiger partial charge in [-0.3, -0.25) is 0 Å². The van der Waals surface area contributed by atoms with E-state index in [-0.39, 0.29) is 5.54 Å². The first-order chi connectivity index (χ1) is 7.97. The topological polar surface area (TPSA) is 49.8 Å². The molecule has 0 radical (unpaired) electrons. The van der Waals surface area contributed by atoms with Crippen LogP contribution in [-0.2, 0) is 0 Å². The lowest BCUT2D eigenvalue weighted by Crippen LogP contribution is -2.31. The largest absolute Gasteiger partial charge is 0.326 e. The minimum atomic E-state index is 0.0439. The van der Waals surface area contributed by atoms with E-state index in [9.17, 15) is 0 Å². The fourth-order valence-electron chi connectivity index (χ4n) is 1.71. The zero-order valence-corrected chi connectivity index (χ0v) is 12.4. The average molecular weight is 238 g/mol. The van der Waals surface area contributed by atoms with Crippen molar-refractivity contribution >= 4 is 7.85 Å². The van der Waals surface area contributed by atoms with Crippen molar-refractivity contribution in [2.24, 2.45) is 5.73 Å². The summed E-state index contributed by atoms with van der Waals surface area (Å²) in [5.74, 6) is 1.75. The van der Waals surface area contributed by atoms with Crippen molar-refractivity contribution in [2.45, 2.75) is 84.1 Å². The molecular formula is C14H31BN2. The molecule has 0 heterocycles. The van der Waals surface area contributed by atoms with Gasteiger partial charge in [0.05, 0.1) is 0 Å². The van der Waals surface area contributed by atoms with Gasteiger partial charge in [-0.05, 0) is 26.2 Å². The highest BCUT2D eigenvalue weighted by Crippen LogP contribution is 2.13. The molecule has 2 nitrogen and oxygen atoms in total. The lowest BCUT2D eigenvalue weighted by atomic mass is 9.97. The van der Waals surface area contributed by atoms with Gasteiger partial charge in [0, 0.05) is 5.54 Å². The first kappa shape index (κ1) is 18.9. The van der Waals surface area contributed by atoms with Gasteiger partial charge in [-0.15, -0.1) is 0 Å². The van der Waals surface area contributed by atoms with Gasteiger partial charge in [0.1, 0.15) is 0 Å². The Bertz CT molecular complexity index is 180. The molecule has 0 fully saturated rings. The van der Waals surface area contributed by atoms with Crippen molar-refractivity contribution in [3.05, 3.63) is 0 Å². The maximum absolute atomic E-state index is 7.32. The monoisotopic (exact) mass is 238 g/mol. The Morgan fingerprint density at radius 3 is 1.71 bits per heavy atom. The molecule has 0 aromatic carbocycles. The van der Waals surface area contributed by atoms with Crippen LogP contribution >= 0.6 is 0 Å². The van der Waals surface area contributed by atoms with Crippen LogP contribution in [0.3, 0.4) is 0 Å². The second-order valence-corrected chi connectivity index (χ2v) is 5.44. The third kappa shape index (κ3) is 25.6. The number of nitriles is 1. The lowest BCUT2D eigenvalue weighted by molar-refractivity contribution is 0.440. The van der Waals surface area contributed by atoms with E-state index in [1.54, 1.807) is 5.97 Å². The first-order valence-electron chi connectivity index (χ1n) is 7.07. The van der Waals surface area contributed by atoms with E-state index < -0.39 is 0 Å². The Morgan fingerprint density at radius 2 is 1.35 bits per heavy atom. The van der Waals surface area contributed by atoms with Gasteiger partial charge < -0.3 is 5.73 Å². The average Bonchev–Trinajstić information content (AvgIpc) is 2.22. The van der Waals surface area contributed by atoms with Crippen LogP contribution in [-0.4, -0.2) is 13.4 Å². The molecular weight excluding hydrogens is 207 g/mol. The highest BCUT2D eigenvalue weighted by atomic mass is 14.7. The smallest absolute Gasteiger partial charge is 0.232 e. The SMILES string of the molecule is BC#N.CCCCCCCCCCC(C)(C)N. The summed E-state index contributed by atoms with van der Waals surface area (Å²) in [5, 5.41) is 7.32. The quantitative estimate of drug-likeness (QED) is 0.494. The molecule has 0 saturated heterocycles. The number of unbranched alkanes of at least 4 members (excludes halogenated alkanes) is 7. The molecule has 2 N–H and O–H groups in total. The summed E-state index contributed by atoms with van der Waals surface area (Å²) in [5.41, 5.74) is 5.96. The van der Waals surface area contributed by atoms with Crippen LogP contribution in [0, 0.1) is 11.2 Å². The Kier molecular flexibility index (Phi) is 15.1. The standard InChI is InChI=1S/C13H29N.CH2BN/c1-4-5-6-7-8-9-10-11-12-13(2,3)14;2-1-3/h4-12,14H2,1-3H3;2H2. The summed E-state index contributed by atoms with van der Waals surface area (Å²) in [4.78, 5) is 0. The van der Waals surface area contributed by atoms with Crippen molar-refractivity contribution in [1.82, 2.24) is 0 Å². The van der Waals surface area contributed by atoms with Gasteiger partial charge in [-0.1, -0.05) is 58.3 Å². The number of nitrogens with zero attached hydrogens (tertiary/aromatic N) is 1. The van der Waals surface area contributed by atoms with Crippen molar-refractivity contribution in [1.29, 1.82) is 5.26 Å². The van der Waals surface area contributed by atoms with Gasteiger partial charge in [-0.2, -0.15) is 0 Å². The fourth-order valence-corrected chi connectivity index (χ4v) is 1.71. The van der Waals surface area contributed by atoms with Crippen LogP contribution in [0.5, 0.6) is 0 Å². The number of hydrogen-bond donors (Lipinski definition) is 1. The van der Waals surface area contributed by atoms with E-state index in [2.05, 4.69) is 20.8 Å². The third-order valence-corrected chi connectivity index (χ3v) is 2.67. The molecule has 17 heavy (non-hydrogen) atoms. The highest BCUT2D eigenvalue weighted by Gasteiger charge is 2.08. The van der Waals surface area contributed by atoms with Crippen molar-refractivity contribution in [3.63, 3.8) is 0 Å². The molecule has 0 aliphatic heterocycles. The van der Waals surface area contributed by atoms with Gasteiger partial charge in [0.15, 0.2) is 0 Å². The van der Waals surface area contributed by atoms with Gasteiger partial charge in [0.25, 0.3) is 0 Å². The molecule has 0 unspecified atom stereocenters. The third-order valence-electron chi connectivity index (χ3n) is 2.67. The fraction of sp³-hybridized carbons (Fsp3) is 0.929. The molecule has 0 amide bonds. The van der Waals surface area contributed by atoms with Crippen molar-refractivity contribution in [3.8, 4) is 5.97 Å². The Labute approximate surface area is 109 Å². The molecule has 0 aromatic heterocycles. The highest BCUT2D eigenvalue weighted by molar-refractivity contribution is 6.20. The molecule has 0 aliphatic rings. The van der Waals surface area contributed by atoms with Gasteiger partial charge in [-0.25, -0.2) is 5.26 Å². The number of nitrogens with two attached hydrogens (primary N) is 1. The second-order valence-electron chi connectivity index (χ2n) is 5.44. The molecule has 100 valence electrons.